The van der Waals surface area contributed by atoms with Gasteiger partial charge in [0.1, 0.15) is 0 Å². The molecule has 4 heteroatoms. The molecule has 1 N–H and O–H groups in total. The van der Waals surface area contributed by atoms with Crippen molar-refractivity contribution in [2.24, 2.45) is 0 Å². The fourth-order valence-corrected chi connectivity index (χ4v) is 2.29. The Kier molecular flexibility index (Phi) is 7.21. The van der Waals surface area contributed by atoms with E-state index in [0.717, 1.165) is 37.0 Å². The SMILES string of the molecule is CCOCCN(CC)c1ccc(C(C)NC)cc1Cl. The summed E-state index contributed by atoms with van der Waals surface area (Å²) in [7, 11) is 1.95. The maximum Gasteiger partial charge on any atom is 0.0642 e. The molecule has 0 aliphatic carbocycles. The first-order valence-electron chi connectivity index (χ1n) is 6.93. The van der Waals surface area contributed by atoms with Crippen LogP contribution in [-0.4, -0.2) is 33.4 Å². The number of likely N-dealkylation sites (N-methyl/N-ethyl adjacent to an activating group) is 1. The fraction of sp³-hybridized carbons (Fsp3) is 0.600. The lowest BCUT2D eigenvalue weighted by Crippen LogP contribution is -2.27. The van der Waals surface area contributed by atoms with Crippen LogP contribution in [0.25, 0.3) is 0 Å². The third-order valence-electron chi connectivity index (χ3n) is 3.34. The summed E-state index contributed by atoms with van der Waals surface area (Å²) in [6.45, 7) is 9.54. The number of rotatable bonds is 8. The minimum absolute atomic E-state index is 0.310. The third kappa shape index (κ3) is 4.68. The largest absolute Gasteiger partial charge is 0.380 e. The summed E-state index contributed by atoms with van der Waals surface area (Å²) in [5.41, 5.74) is 2.29. The van der Waals surface area contributed by atoms with Crippen molar-refractivity contribution >= 4 is 17.3 Å². The van der Waals surface area contributed by atoms with Crippen molar-refractivity contribution in [3.63, 3.8) is 0 Å². The van der Waals surface area contributed by atoms with Crippen LogP contribution in [0.4, 0.5) is 5.69 Å². The van der Waals surface area contributed by atoms with Crippen molar-refractivity contribution in [2.45, 2.75) is 26.8 Å². The van der Waals surface area contributed by atoms with Crippen molar-refractivity contribution in [1.29, 1.82) is 0 Å². The third-order valence-corrected chi connectivity index (χ3v) is 3.64. The highest BCUT2D eigenvalue weighted by molar-refractivity contribution is 6.33. The van der Waals surface area contributed by atoms with Gasteiger partial charge in [0, 0.05) is 25.7 Å². The number of benzene rings is 1. The lowest BCUT2D eigenvalue weighted by molar-refractivity contribution is 0.154. The highest BCUT2D eigenvalue weighted by Gasteiger charge is 2.11. The van der Waals surface area contributed by atoms with Crippen LogP contribution in [0.3, 0.4) is 0 Å². The molecule has 0 amide bonds. The Bertz CT molecular complexity index is 384. The van der Waals surface area contributed by atoms with Gasteiger partial charge in [-0.25, -0.2) is 0 Å². The molecule has 1 atom stereocenters. The molecule has 108 valence electrons. The minimum Gasteiger partial charge on any atom is -0.380 e. The molecule has 0 saturated carbocycles. The Hall–Kier alpha value is -0.770. The molecule has 0 spiro atoms. The van der Waals surface area contributed by atoms with E-state index in [2.05, 4.69) is 36.2 Å². The van der Waals surface area contributed by atoms with E-state index in [1.807, 2.05) is 20.0 Å². The Labute approximate surface area is 121 Å². The quantitative estimate of drug-likeness (QED) is 0.740. The number of ether oxygens (including phenoxy) is 1. The zero-order valence-corrected chi connectivity index (χ0v) is 13.1. The molecule has 0 bridgehead atoms. The predicted molar refractivity (Wildman–Crippen MR) is 83.3 cm³/mol. The van der Waals surface area contributed by atoms with Gasteiger partial charge in [-0.05, 0) is 45.5 Å². The summed E-state index contributed by atoms with van der Waals surface area (Å²) in [6.07, 6.45) is 0. The Morgan fingerprint density at radius 3 is 2.63 bits per heavy atom. The Balaban J connectivity index is 2.81. The van der Waals surface area contributed by atoms with E-state index in [0.29, 0.717) is 6.04 Å². The van der Waals surface area contributed by atoms with Gasteiger partial charge in [-0.2, -0.15) is 0 Å². The van der Waals surface area contributed by atoms with Crippen LogP contribution in [0, 0.1) is 0 Å². The number of nitrogens with one attached hydrogen (secondary N) is 1. The lowest BCUT2D eigenvalue weighted by Gasteiger charge is -2.25. The molecule has 19 heavy (non-hydrogen) atoms. The molecule has 0 aromatic heterocycles. The van der Waals surface area contributed by atoms with Crippen LogP contribution in [0.2, 0.25) is 5.02 Å². The topological polar surface area (TPSA) is 24.5 Å². The molecule has 0 aliphatic heterocycles. The molecule has 0 fully saturated rings. The zero-order chi connectivity index (χ0) is 14.3. The highest BCUT2D eigenvalue weighted by atomic mass is 35.5. The minimum atomic E-state index is 0.310. The van der Waals surface area contributed by atoms with Gasteiger partial charge >= 0.3 is 0 Å². The average Bonchev–Trinajstić information content (AvgIpc) is 2.43. The fourth-order valence-electron chi connectivity index (χ4n) is 1.98. The van der Waals surface area contributed by atoms with Crippen LogP contribution in [0.1, 0.15) is 32.4 Å². The normalized spacial score (nSPS) is 12.5. The summed E-state index contributed by atoms with van der Waals surface area (Å²) >= 11 is 6.41. The van der Waals surface area contributed by atoms with Gasteiger partial charge in [-0.1, -0.05) is 17.7 Å². The van der Waals surface area contributed by atoms with E-state index in [1.165, 1.54) is 5.56 Å². The molecule has 0 saturated heterocycles. The van der Waals surface area contributed by atoms with Gasteiger partial charge in [0.15, 0.2) is 0 Å². The number of nitrogens with zero attached hydrogens (tertiary/aromatic N) is 1. The van der Waals surface area contributed by atoms with Crippen LogP contribution in [-0.2, 0) is 4.74 Å². The standard InChI is InChI=1S/C15H25ClN2O/c1-5-18(9-10-19-6-2)15-8-7-13(11-14(15)16)12(3)17-4/h7-8,11-12,17H,5-6,9-10H2,1-4H3. The van der Waals surface area contributed by atoms with E-state index in [-0.39, 0.29) is 0 Å². The summed E-state index contributed by atoms with van der Waals surface area (Å²) in [5, 5.41) is 4.02. The predicted octanol–water partition coefficient (Wildman–Crippen LogP) is 3.48. The molecular weight excluding hydrogens is 260 g/mol. The molecule has 3 nitrogen and oxygen atoms in total. The molecular formula is C15H25ClN2O. The smallest absolute Gasteiger partial charge is 0.0642 e. The maximum absolute atomic E-state index is 6.41. The van der Waals surface area contributed by atoms with Crippen LogP contribution >= 0.6 is 11.6 Å². The first kappa shape index (κ1) is 16.3. The first-order chi connectivity index (χ1) is 9.13. The number of halogens is 1. The van der Waals surface area contributed by atoms with Gasteiger partial charge < -0.3 is 15.0 Å². The summed E-state index contributed by atoms with van der Waals surface area (Å²) in [6, 6.07) is 6.58. The van der Waals surface area contributed by atoms with Crippen LogP contribution in [0.15, 0.2) is 18.2 Å². The molecule has 0 aliphatic rings. The van der Waals surface area contributed by atoms with Gasteiger partial charge in [0.2, 0.25) is 0 Å². The second-order valence-electron chi connectivity index (χ2n) is 4.50. The monoisotopic (exact) mass is 284 g/mol. The summed E-state index contributed by atoms with van der Waals surface area (Å²) in [5.74, 6) is 0. The van der Waals surface area contributed by atoms with Gasteiger partial charge in [-0.15, -0.1) is 0 Å². The number of anilines is 1. The van der Waals surface area contributed by atoms with E-state index in [1.54, 1.807) is 0 Å². The molecule has 1 aromatic rings. The highest BCUT2D eigenvalue weighted by Crippen LogP contribution is 2.28. The molecule has 1 aromatic carbocycles. The zero-order valence-electron chi connectivity index (χ0n) is 12.4. The summed E-state index contributed by atoms with van der Waals surface area (Å²) in [4.78, 5) is 2.24. The molecule has 0 heterocycles. The van der Waals surface area contributed by atoms with Crippen molar-refractivity contribution in [3.05, 3.63) is 28.8 Å². The first-order valence-corrected chi connectivity index (χ1v) is 7.31. The summed E-state index contributed by atoms with van der Waals surface area (Å²) < 4.78 is 5.41. The van der Waals surface area contributed by atoms with Crippen molar-refractivity contribution in [1.82, 2.24) is 5.32 Å². The van der Waals surface area contributed by atoms with E-state index < -0.39 is 0 Å². The van der Waals surface area contributed by atoms with Gasteiger partial charge in [0.25, 0.3) is 0 Å². The van der Waals surface area contributed by atoms with E-state index in [4.69, 9.17) is 16.3 Å². The molecule has 0 radical (unpaired) electrons. The van der Waals surface area contributed by atoms with Crippen molar-refractivity contribution in [3.8, 4) is 0 Å². The van der Waals surface area contributed by atoms with Gasteiger partial charge in [-0.3, -0.25) is 0 Å². The van der Waals surface area contributed by atoms with Crippen LogP contribution in [0.5, 0.6) is 0 Å². The molecule has 1 unspecified atom stereocenters. The molecule has 1 rings (SSSR count). The Morgan fingerprint density at radius 2 is 2.11 bits per heavy atom. The lowest BCUT2D eigenvalue weighted by atomic mass is 10.1. The Morgan fingerprint density at radius 1 is 1.37 bits per heavy atom. The second kappa shape index (κ2) is 8.41. The van der Waals surface area contributed by atoms with E-state index >= 15 is 0 Å². The number of hydrogen-bond acceptors (Lipinski definition) is 3. The number of hydrogen-bond donors (Lipinski definition) is 1. The van der Waals surface area contributed by atoms with Gasteiger partial charge in [0.05, 0.1) is 17.3 Å². The maximum atomic E-state index is 6.41. The van der Waals surface area contributed by atoms with Crippen LogP contribution < -0.4 is 10.2 Å². The second-order valence-corrected chi connectivity index (χ2v) is 4.91. The van der Waals surface area contributed by atoms with Crippen molar-refractivity contribution in [2.75, 3.05) is 38.3 Å². The van der Waals surface area contributed by atoms with Crippen molar-refractivity contribution < 1.29 is 4.74 Å². The average molecular weight is 285 g/mol. The van der Waals surface area contributed by atoms with E-state index in [9.17, 15) is 0 Å².